The van der Waals surface area contributed by atoms with Crippen molar-refractivity contribution in [1.29, 1.82) is 0 Å². The van der Waals surface area contributed by atoms with Crippen molar-refractivity contribution in [2.75, 3.05) is 20.8 Å². The fourth-order valence-electron chi connectivity index (χ4n) is 3.56. The van der Waals surface area contributed by atoms with Gasteiger partial charge in [0.15, 0.2) is 11.3 Å². The Bertz CT molecular complexity index is 1540. The van der Waals surface area contributed by atoms with Crippen molar-refractivity contribution in [2.24, 2.45) is 5.10 Å². The first-order valence-electron chi connectivity index (χ1n) is 10.0. The first-order valence-corrected chi connectivity index (χ1v) is 10.0. The van der Waals surface area contributed by atoms with Gasteiger partial charge in [0.25, 0.3) is 5.56 Å². The summed E-state index contributed by atoms with van der Waals surface area (Å²) in [6.45, 7) is 0.785. The molecular weight excluding hydrogens is 408 g/mol. The maximum Gasteiger partial charge on any atom is 0.265 e. The molecule has 0 amide bonds. The lowest BCUT2D eigenvalue weighted by atomic mass is 10.2. The number of rotatable bonds is 6. The van der Waals surface area contributed by atoms with E-state index in [0.717, 1.165) is 11.3 Å². The van der Waals surface area contributed by atoms with Gasteiger partial charge in [-0.1, -0.05) is 24.3 Å². The van der Waals surface area contributed by atoms with Gasteiger partial charge in [0.05, 0.1) is 37.5 Å². The Morgan fingerprint density at radius 3 is 2.62 bits per heavy atom. The molecule has 160 valence electrons. The highest BCUT2D eigenvalue weighted by atomic mass is 16.5. The number of hydrogen-bond acceptors (Lipinski definition) is 7. The summed E-state index contributed by atoms with van der Waals surface area (Å²) >= 11 is 0. The summed E-state index contributed by atoms with van der Waals surface area (Å²) < 4.78 is 13.5. The normalized spacial score (nSPS) is 11.8. The monoisotopic (exact) mass is 428 g/mol. The van der Waals surface area contributed by atoms with Crippen LogP contribution in [0.15, 0.2) is 64.8 Å². The number of fused-ring (bicyclic) bond motifs is 4. The van der Waals surface area contributed by atoms with E-state index >= 15 is 0 Å². The van der Waals surface area contributed by atoms with Crippen LogP contribution in [0.25, 0.3) is 33.2 Å². The highest BCUT2D eigenvalue weighted by Gasteiger charge is 2.19. The third-order valence-electron chi connectivity index (χ3n) is 5.16. The molecule has 0 aliphatic rings. The molecule has 0 saturated carbocycles. The van der Waals surface area contributed by atoms with Crippen LogP contribution < -0.4 is 10.3 Å². The summed E-state index contributed by atoms with van der Waals surface area (Å²) in [4.78, 5) is 27.3. The van der Waals surface area contributed by atoms with Gasteiger partial charge in [-0.15, -0.1) is 0 Å². The Kier molecular flexibility index (Phi) is 5.08. The van der Waals surface area contributed by atoms with Gasteiger partial charge in [-0.2, -0.15) is 9.78 Å². The van der Waals surface area contributed by atoms with Gasteiger partial charge in [0.1, 0.15) is 23.0 Å². The van der Waals surface area contributed by atoms with Gasteiger partial charge >= 0.3 is 0 Å². The van der Waals surface area contributed by atoms with Gasteiger partial charge in [0, 0.05) is 7.11 Å². The van der Waals surface area contributed by atoms with Crippen molar-refractivity contribution in [3.05, 3.63) is 70.8 Å². The van der Waals surface area contributed by atoms with Crippen LogP contribution in [0.4, 0.5) is 0 Å². The van der Waals surface area contributed by atoms with Gasteiger partial charge in [-0.05, 0) is 29.8 Å². The second-order valence-electron chi connectivity index (χ2n) is 7.15. The van der Waals surface area contributed by atoms with Crippen molar-refractivity contribution in [3.63, 3.8) is 0 Å². The van der Waals surface area contributed by atoms with Crippen molar-refractivity contribution >= 4 is 39.4 Å². The first-order chi connectivity index (χ1) is 15.7. The predicted molar refractivity (Wildman–Crippen MR) is 122 cm³/mol. The smallest absolute Gasteiger partial charge is 0.265 e. The van der Waals surface area contributed by atoms with Crippen LogP contribution in [-0.2, 0) is 11.3 Å². The van der Waals surface area contributed by atoms with Crippen LogP contribution in [0, 0.1) is 0 Å². The SMILES string of the molecule is COCCn1cnc2c(c1=O)c1nc3ccccc3nc1n2N=Cc1cccc(OC)c1. The fraction of sp³-hybridized carbons (Fsp3) is 0.174. The lowest BCUT2D eigenvalue weighted by Gasteiger charge is -2.04. The number of para-hydroxylation sites is 2. The number of aromatic nitrogens is 5. The topological polar surface area (TPSA) is 96.4 Å². The van der Waals surface area contributed by atoms with Gasteiger partial charge in [-0.3, -0.25) is 9.36 Å². The Hall–Kier alpha value is -4.11. The van der Waals surface area contributed by atoms with Crippen LogP contribution in [0.1, 0.15) is 5.56 Å². The molecule has 9 heteroatoms. The standard InChI is InChI=1S/C23H20N6O3/c1-31-11-10-28-14-24-21-19(23(28)30)20-22(27-18-9-4-3-8-17(18)26-20)29(21)25-13-15-6-5-7-16(12-15)32-2/h3-9,12-14H,10-11H2,1-2H3. The van der Waals surface area contributed by atoms with E-state index < -0.39 is 0 Å². The zero-order valence-corrected chi connectivity index (χ0v) is 17.6. The molecule has 3 heterocycles. The number of benzene rings is 2. The average Bonchev–Trinajstić information content (AvgIpc) is 3.14. The summed E-state index contributed by atoms with van der Waals surface area (Å²) in [6.07, 6.45) is 3.18. The Morgan fingerprint density at radius 1 is 1.03 bits per heavy atom. The summed E-state index contributed by atoms with van der Waals surface area (Å²) in [7, 11) is 3.20. The predicted octanol–water partition coefficient (Wildman–Crippen LogP) is 2.83. The highest BCUT2D eigenvalue weighted by molar-refractivity contribution is 6.04. The third kappa shape index (κ3) is 3.38. The number of nitrogens with zero attached hydrogens (tertiary/aromatic N) is 6. The van der Waals surface area contributed by atoms with E-state index in [0.29, 0.717) is 46.4 Å². The quantitative estimate of drug-likeness (QED) is 0.386. The average molecular weight is 428 g/mol. The molecule has 0 N–H and O–H groups in total. The van der Waals surface area contributed by atoms with Gasteiger partial charge < -0.3 is 9.47 Å². The second-order valence-corrected chi connectivity index (χ2v) is 7.15. The van der Waals surface area contributed by atoms with E-state index in [1.54, 1.807) is 25.1 Å². The molecular formula is C23H20N6O3. The lowest BCUT2D eigenvalue weighted by molar-refractivity contribution is 0.186. The van der Waals surface area contributed by atoms with Crippen LogP contribution in [-0.4, -0.2) is 51.2 Å². The molecule has 0 unspecified atom stereocenters. The fourth-order valence-corrected chi connectivity index (χ4v) is 3.56. The molecule has 5 aromatic rings. The molecule has 0 atom stereocenters. The van der Waals surface area contributed by atoms with Crippen molar-refractivity contribution in [1.82, 2.24) is 24.2 Å². The minimum Gasteiger partial charge on any atom is -0.497 e. The van der Waals surface area contributed by atoms with Gasteiger partial charge in [0.2, 0.25) is 0 Å². The minimum absolute atomic E-state index is 0.211. The molecule has 0 aliphatic heterocycles. The molecule has 3 aromatic heterocycles. The third-order valence-corrected chi connectivity index (χ3v) is 5.16. The maximum atomic E-state index is 13.3. The van der Waals surface area contributed by atoms with E-state index in [9.17, 15) is 4.79 Å². The molecule has 5 rings (SSSR count). The van der Waals surface area contributed by atoms with Crippen LogP contribution in [0.2, 0.25) is 0 Å². The molecule has 0 fully saturated rings. The largest absolute Gasteiger partial charge is 0.497 e. The van der Waals surface area contributed by atoms with Crippen LogP contribution in [0.5, 0.6) is 5.75 Å². The Morgan fingerprint density at radius 2 is 1.84 bits per heavy atom. The van der Waals surface area contributed by atoms with E-state index in [1.165, 1.54) is 10.9 Å². The summed E-state index contributed by atoms with van der Waals surface area (Å²) in [5, 5.41) is 4.98. The van der Waals surface area contributed by atoms with E-state index in [-0.39, 0.29) is 5.56 Å². The van der Waals surface area contributed by atoms with Crippen LogP contribution >= 0.6 is 0 Å². The molecule has 0 saturated heterocycles. The van der Waals surface area contributed by atoms with Crippen molar-refractivity contribution in [2.45, 2.75) is 6.54 Å². The summed E-state index contributed by atoms with van der Waals surface area (Å²) in [5.74, 6) is 0.723. The number of ether oxygens (including phenoxy) is 2. The van der Waals surface area contributed by atoms with E-state index in [1.807, 2.05) is 48.5 Å². The Labute approximate surface area is 182 Å². The molecule has 2 aromatic carbocycles. The zero-order valence-electron chi connectivity index (χ0n) is 17.6. The molecule has 9 nitrogen and oxygen atoms in total. The lowest BCUT2D eigenvalue weighted by Crippen LogP contribution is -2.22. The Balaban J connectivity index is 1.77. The minimum atomic E-state index is -0.211. The van der Waals surface area contributed by atoms with E-state index in [2.05, 4.69) is 10.1 Å². The molecule has 0 bridgehead atoms. The first kappa shape index (κ1) is 19.8. The zero-order chi connectivity index (χ0) is 22.1. The molecule has 0 aliphatic carbocycles. The number of hydrogen-bond donors (Lipinski definition) is 0. The summed E-state index contributed by atoms with van der Waals surface area (Å²) in [6, 6.07) is 15.0. The van der Waals surface area contributed by atoms with E-state index in [4.69, 9.17) is 19.4 Å². The van der Waals surface area contributed by atoms with Crippen molar-refractivity contribution in [3.8, 4) is 5.75 Å². The van der Waals surface area contributed by atoms with Crippen LogP contribution in [0.3, 0.4) is 0 Å². The summed E-state index contributed by atoms with van der Waals surface area (Å²) in [5.41, 5.74) is 3.35. The molecule has 0 radical (unpaired) electrons. The highest BCUT2D eigenvalue weighted by Crippen LogP contribution is 2.25. The second kappa shape index (κ2) is 8.20. The van der Waals surface area contributed by atoms with Gasteiger partial charge in [-0.25, -0.2) is 15.0 Å². The molecule has 32 heavy (non-hydrogen) atoms. The molecule has 0 spiro atoms. The maximum absolute atomic E-state index is 13.3. The number of methoxy groups -OCH3 is 2. The van der Waals surface area contributed by atoms with Crippen molar-refractivity contribution < 1.29 is 9.47 Å².